The molecule has 2 aromatic rings. The molecule has 0 aliphatic heterocycles. The van der Waals surface area contributed by atoms with E-state index in [1.54, 1.807) is 25.1 Å². The second kappa shape index (κ2) is 10.7. The van der Waals surface area contributed by atoms with E-state index in [9.17, 15) is 18.0 Å². The maximum absolute atomic E-state index is 13.1. The summed E-state index contributed by atoms with van der Waals surface area (Å²) in [6.45, 7) is 3.86. The van der Waals surface area contributed by atoms with Crippen molar-refractivity contribution in [2.75, 3.05) is 25.6 Å². The highest BCUT2D eigenvalue weighted by molar-refractivity contribution is 6.30. The number of hydrogen-bond acceptors (Lipinski definition) is 4. The molecule has 1 amide bonds. The number of nitrogens with one attached hydrogen (secondary N) is 2. The lowest BCUT2D eigenvalue weighted by molar-refractivity contribution is -0.137. The number of carbonyl (C=O) groups is 1. The smallest absolute Gasteiger partial charge is 0.416 e. The Kier molecular flexibility index (Phi) is 8.52. The Morgan fingerprint density at radius 1 is 1.13 bits per heavy atom. The third-order valence-electron chi connectivity index (χ3n) is 4.35. The molecule has 0 bridgehead atoms. The first-order chi connectivity index (χ1) is 14.1. The van der Waals surface area contributed by atoms with Crippen molar-refractivity contribution >= 4 is 23.2 Å². The Hall–Kier alpha value is -2.29. The zero-order chi connectivity index (χ0) is 22.3. The first kappa shape index (κ1) is 24.0. The van der Waals surface area contributed by atoms with Gasteiger partial charge in [-0.1, -0.05) is 23.7 Å². The number of halogens is 4. The Morgan fingerprint density at radius 3 is 2.50 bits per heavy atom. The number of methoxy groups -OCH3 is 1. The van der Waals surface area contributed by atoms with Crippen molar-refractivity contribution in [3.63, 3.8) is 0 Å². The summed E-state index contributed by atoms with van der Waals surface area (Å²) < 4.78 is 49.6. The molecule has 0 heterocycles. The molecule has 0 aliphatic rings. The van der Waals surface area contributed by atoms with Gasteiger partial charge in [-0.3, -0.25) is 10.1 Å². The van der Waals surface area contributed by atoms with Gasteiger partial charge in [-0.2, -0.15) is 13.2 Å². The molecule has 0 saturated heterocycles. The van der Waals surface area contributed by atoms with Crippen LogP contribution in [0.3, 0.4) is 0 Å². The summed E-state index contributed by atoms with van der Waals surface area (Å²) in [6, 6.07) is 9.22. The summed E-state index contributed by atoms with van der Waals surface area (Å²) >= 11 is 5.99. The number of ether oxygens (including phenoxy) is 2. The van der Waals surface area contributed by atoms with Crippen molar-refractivity contribution in [1.29, 1.82) is 0 Å². The fraction of sp³-hybridized carbons (Fsp3) is 0.381. The maximum atomic E-state index is 13.1. The van der Waals surface area contributed by atoms with Crippen LogP contribution in [0.15, 0.2) is 42.5 Å². The summed E-state index contributed by atoms with van der Waals surface area (Å²) in [6.07, 6.45) is -4.55. The lowest BCUT2D eigenvalue weighted by Crippen LogP contribution is -2.39. The standard InChI is InChI=1S/C21H24ClF3N2O3/c1-13(15-5-4-6-17(22)11-15)26-14(2)20(28)27-18-12-16(21(23,24)25)7-8-19(18)30-10-9-29-3/h4-8,11-14,26H,9-10H2,1-3H3,(H,27,28). The lowest BCUT2D eigenvalue weighted by Gasteiger charge is -2.21. The van der Waals surface area contributed by atoms with Gasteiger partial charge in [0, 0.05) is 18.2 Å². The molecule has 2 unspecified atom stereocenters. The Balaban J connectivity index is 2.14. The van der Waals surface area contributed by atoms with E-state index in [-0.39, 0.29) is 30.7 Å². The van der Waals surface area contributed by atoms with Crippen molar-refractivity contribution in [3.05, 3.63) is 58.6 Å². The zero-order valence-corrected chi connectivity index (χ0v) is 17.6. The van der Waals surface area contributed by atoms with E-state index in [0.29, 0.717) is 5.02 Å². The molecule has 2 N–H and O–H groups in total. The normalized spacial score (nSPS) is 13.6. The lowest BCUT2D eigenvalue weighted by atomic mass is 10.1. The van der Waals surface area contributed by atoms with Gasteiger partial charge in [0.15, 0.2) is 0 Å². The number of benzene rings is 2. The van der Waals surface area contributed by atoms with E-state index in [4.69, 9.17) is 21.1 Å². The average Bonchev–Trinajstić information content (AvgIpc) is 2.68. The van der Waals surface area contributed by atoms with Crippen LogP contribution in [-0.4, -0.2) is 32.3 Å². The molecule has 0 aromatic heterocycles. The number of rotatable bonds is 9. The fourth-order valence-electron chi connectivity index (χ4n) is 2.73. The molecule has 0 fully saturated rings. The van der Waals surface area contributed by atoms with E-state index >= 15 is 0 Å². The first-order valence-corrected chi connectivity index (χ1v) is 9.65. The van der Waals surface area contributed by atoms with Crippen LogP contribution >= 0.6 is 11.6 Å². The van der Waals surface area contributed by atoms with Gasteiger partial charge in [0.25, 0.3) is 0 Å². The highest BCUT2D eigenvalue weighted by Crippen LogP contribution is 2.35. The molecular formula is C21H24ClF3N2O3. The Bertz CT molecular complexity index is 862. The molecule has 5 nitrogen and oxygen atoms in total. The predicted molar refractivity (Wildman–Crippen MR) is 110 cm³/mol. The quantitative estimate of drug-likeness (QED) is 0.531. The van der Waals surface area contributed by atoms with Gasteiger partial charge < -0.3 is 14.8 Å². The largest absolute Gasteiger partial charge is 0.489 e. The van der Waals surface area contributed by atoms with Crippen LogP contribution in [0.5, 0.6) is 5.75 Å². The highest BCUT2D eigenvalue weighted by atomic mass is 35.5. The van der Waals surface area contributed by atoms with Crippen LogP contribution in [0, 0.1) is 0 Å². The van der Waals surface area contributed by atoms with Crippen molar-refractivity contribution in [1.82, 2.24) is 5.32 Å². The second-order valence-corrected chi connectivity index (χ2v) is 7.14. The van der Waals surface area contributed by atoms with Crippen LogP contribution in [-0.2, 0) is 15.7 Å². The van der Waals surface area contributed by atoms with Gasteiger partial charge in [0.2, 0.25) is 5.91 Å². The van der Waals surface area contributed by atoms with Crippen LogP contribution in [0.1, 0.15) is 31.0 Å². The third kappa shape index (κ3) is 6.90. The SMILES string of the molecule is COCCOc1ccc(C(F)(F)F)cc1NC(=O)C(C)NC(C)c1cccc(Cl)c1. The summed E-state index contributed by atoms with van der Waals surface area (Å²) in [5.74, 6) is -0.372. The highest BCUT2D eigenvalue weighted by Gasteiger charge is 2.31. The van der Waals surface area contributed by atoms with Crippen molar-refractivity contribution in [3.8, 4) is 5.75 Å². The topological polar surface area (TPSA) is 59.6 Å². The van der Waals surface area contributed by atoms with E-state index < -0.39 is 23.7 Å². The second-order valence-electron chi connectivity index (χ2n) is 6.70. The van der Waals surface area contributed by atoms with Crippen LogP contribution in [0.4, 0.5) is 18.9 Å². The van der Waals surface area contributed by atoms with Crippen molar-refractivity contribution in [2.24, 2.45) is 0 Å². The minimum Gasteiger partial charge on any atom is -0.489 e. The molecular weight excluding hydrogens is 421 g/mol. The van der Waals surface area contributed by atoms with Crippen LogP contribution < -0.4 is 15.4 Å². The Morgan fingerprint density at radius 2 is 1.87 bits per heavy atom. The summed E-state index contributed by atoms with van der Waals surface area (Å²) in [7, 11) is 1.48. The molecule has 9 heteroatoms. The zero-order valence-electron chi connectivity index (χ0n) is 16.8. The fourth-order valence-corrected chi connectivity index (χ4v) is 2.93. The number of carbonyl (C=O) groups excluding carboxylic acids is 1. The molecule has 30 heavy (non-hydrogen) atoms. The molecule has 0 radical (unpaired) electrons. The van der Waals surface area contributed by atoms with Gasteiger partial charge in [-0.05, 0) is 49.7 Å². The molecule has 164 valence electrons. The van der Waals surface area contributed by atoms with E-state index in [1.165, 1.54) is 13.2 Å². The predicted octanol–water partition coefficient (Wildman–Crippen LogP) is 5.06. The Labute approximate surface area is 178 Å². The van der Waals surface area contributed by atoms with Crippen molar-refractivity contribution < 1.29 is 27.4 Å². The summed E-state index contributed by atoms with van der Waals surface area (Å²) in [5.41, 5.74) is -0.0652. The van der Waals surface area contributed by atoms with E-state index in [0.717, 1.165) is 17.7 Å². The molecule has 0 spiro atoms. The minimum atomic E-state index is -4.55. The maximum Gasteiger partial charge on any atom is 0.416 e. The summed E-state index contributed by atoms with van der Waals surface area (Å²) in [4.78, 5) is 12.6. The number of hydrogen-bond donors (Lipinski definition) is 2. The van der Waals surface area contributed by atoms with E-state index in [2.05, 4.69) is 10.6 Å². The first-order valence-electron chi connectivity index (χ1n) is 9.27. The summed E-state index contributed by atoms with van der Waals surface area (Å²) in [5, 5.41) is 6.20. The molecule has 0 aliphatic carbocycles. The van der Waals surface area contributed by atoms with Crippen LogP contribution in [0.25, 0.3) is 0 Å². The van der Waals surface area contributed by atoms with Crippen LogP contribution in [0.2, 0.25) is 5.02 Å². The minimum absolute atomic E-state index is 0.0602. The van der Waals surface area contributed by atoms with Gasteiger partial charge in [-0.25, -0.2) is 0 Å². The number of amides is 1. The van der Waals surface area contributed by atoms with Gasteiger partial charge in [0.05, 0.1) is 23.9 Å². The molecule has 2 rings (SSSR count). The molecule has 2 aromatic carbocycles. The van der Waals surface area contributed by atoms with Gasteiger partial charge >= 0.3 is 6.18 Å². The average molecular weight is 445 g/mol. The number of alkyl halides is 3. The monoisotopic (exact) mass is 444 g/mol. The van der Waals surface area contributed by atoms with E-state index in [1.807, 2.05) is 13.0 Å². The molecule has 2 atom stereocenters. The third-order valence-corrected chi connectivity index (χ3v) is 4.59. The van der Waals surface area contributed by atoms with Gasteiger partial charge in [-0.15, -0.1) is 0 Å². The number of anilines is 1. The van der Waals surface area contributed by atoms with Gasteiger partial charge in [0.1, 0.15) is 12.4 Å². The molecule has 0 saturated carbocycles. The van der Waals surface area contributed by atoms with Crippen molar-refractivity contribution in [2.45, 2.75) is 32.1 Å².